The summed E-state index contributed by atoms with van der Waals surface area (Å²) in [5.41, 5.74) is 0.503. The zero-order valence-corrected chi connectivity index (χ0v) is 13.5. The van der Waals surface area contributed by atoms with Crippen LogP contribution in [0.1, 0.15) is 29.8 Å². The Hall–Kier alpha value is -1.11. The van der Waals surface area contributed by atoms with Crippen LogP contribution in [0.5, 0.6) is 0 Å². The highest BCUT2D eigenvalue weighted by molar-refractivity contribution is 9.10. The van der Waals surface area contributed by atoms with E-state index in [0.717, 1.165) is 6.42 Å². The van der Waals surface area contributed by atoms with Gasteiger partial charge in [-0.3, -0.25) is 0 Å². The van der Waals surface area contributed by atoms with Crippen LogP contribution in [-0.4, -0.2) is 25.8 Å². The van der Waals surface area contributed by atoms with Gasteiger partial charge in [-0.15, -0.1) is 5.10 Å². The second-order valence-electron chi connectivity index (χ2n) is 4.01. The normalized spacial score (nSPS) is 10.8. The lowest BCUT2D eigenvalue weighted by Crippen LogP contribution is -2.05. The van der Waals surface area contributed by atoms with Crippen molar-refractivity contribution in [2.24, 2.45) is 0 Å². The van der Waals surface area contributed by atoms with Gasteiger partial charge in [0.15, 0.2) is 0 Å². The lowest BCUT2D eigenvalue weighted by atomic mass is 10.3. The second-order valence-corrected chi connectivity index (χ2v) is 5.62. The largest absolute Gasteiger partial charge is 0.475 e. The average molecular weight is 379 g/mol. The van der Waals surface area contributed by atoms with Crippen LogP contribution in [0.25, 0.3) is 5.69 Å². The van der Waals surface area contributed by atoms with Crippen LogP contribution in [0.2, 0.25) is 10.0 Å². The van der Waals surface area contributed by atoms with E-state index in [1.165, 1.54) is 4.68 Å². The first-order chi connectivity index (χ1) is 9.45. The van der Waals surface area contributed by atoms with Crippen molar-refractivity contribution in [3.63, 3.8) is 0 Å². The molecule has 106 valence electrons. The molecule has 2 rings (SSSR count). The molecule has 2 aromatic rings. The molecule has 1 heterocycles. The molecule has 0 aliphatic rings. The highest BCUT2D eigenvalue weighted by Gasteiger charge is 2.19. The molecule has 0 unspecified atom stereocenters. The molecule has 0 radical (unpaired) electrons. The molecule has 0 bridgehead atoms. The van der Waals surface area contributed by atoms with Crippen molar-refractivity contribution in [1.82, 2.24) is 14.8 Å². The maximum atomic E-state index is 11.0. The first kappa shape index (κ1) is 15.3. The highest BCUT2D eigenvalue weighted by Crippen LogP contribution is 2.35. The van der Waals surface area contributed by atoms with Crippen molar-refractivity contribution in [2.45, 2.75) is 19.8 Å². The molecule has 0 fully saturated rings. The monoisotopic (exact) mass is 377 g/mol. The van der Waals surface area contributed by atoms with E-state index >= 15 is 0 Å². The third-order valence-corrected chi connectivity index (χ3v) is 4.34. The Morgan fingerprint density at radius 1 is 1.40 bits per heavy atom. The summed E-state index contributed by atoms with van der Waals surface area (Å²) in [7, 11) is 0. The molecule has 0 aliphatic carbocycles. The van der Waals surface area contributed by atoms with Crippen LogP contribution < -0.4 is 0 Å². The van der Waals surface area contributed by atoms with E-state index in [9.17, 15) is 4.79 Å². The predicted molar refractivity (Wildman–Crippen MR) is 80.0 cm³/mol. The minimum Gasteiger partial charge on any atom is -0.475 e. The van der Waals surface area contributed by atoms with Gasteiger partial charge in [0.2, 0.25) is 0 Å². The molecule has 0 amide bonds. The van der Waals surface area contributed by atoms with Gasteiger partial charge in [-0.1, -0.05) is 30.1 Å². The number of rotatable bonds is 4. The van der Waals surface area contributed by atoms with Gasteiger partial charge in [0.25, 0.3) is 5.82 Å². The number of hydrogen-bond acceptors (Lipinski definition) is 3. The summed E-state index contributed by atoms with van der Waals surface area (Å²) < 4.78 is 2.08. The molecule has 0 aliphatic heterocycles. The second kappa shape index (κ2) is 6.11. The van der Waals surface area contributed by atoms with Crippen molar-refractivity contribution >= 4 is 45.1 Å². The molecule has 1 N–H and O–H groups in total. The summed E-state index contributed by atoms with van der Waals surface area (Å²) in [5.74, 6) is -0.908. The van der Waals surface area contributed by atoms with E-state index in [2.05, 4.69) is 26.0 Å². The summed E-state index contributed by atoms with van der Waals surface area (Å²) in [6.45, 7) is 1.97. The third-order valence-electron chi connectivity index (χ3n) is 2.58. The fraction of sp³-hybridized carbons (Fsp3) is 0.250. The van der Waals surface area contributed by atoms with Crippen LogP contribution >= 0.6 is 39.1 Å². The number of aryl methyl sites for hydroxylation is 1. The molecule has 5 nitrogen and oxygen atoms in total. The lowest BCUT2D eigenvalue weighted by Gasteiger charge is -2.09. The van der Waals surface area contributed by atoms with E-state index in [-0.39, 0.29) is 5.82 Å². The van der Waals surface area contributed by atoms with Crippen LogP contribution in [0.4, 0.5) is 0 Å². The Kier molecular flexibility index (Phi) is 4.67. The number of nitrogens with zero attached hydrogens (tertiary/aromatic N) is 3. The summed E-state index contributed by atoms with van der Waals surface area (Å²) in [5, 5.41) is 13.6. The first-order valence-corrected chi connectivity index (χ1v) is 7.33. The molecule has 0 atom stereocenters. The van der Waals surface area contributed by atoms with E-state index in [0.29, 0.717) is 32.5 Å². The van der Waals surface area contributed by atoms with Crippen LogP contribution in [-0.2, 0) is 6.42 Å². The zero-order valence-electron chi connectivity index (χ0n) is 10.4. The zero-order chi connectivity index (χ0) is 14.9. The van der Waals surface area contributed by atoms with Crippen LogP contribution in [0, 0.1) is 0 Å². The number of aromatic nitrogens is 3. The van der Waals surface area contributed by atoms with Crippen molar-refractivity contribution in [2.75, 3.05) is 0 Å². The fourth-order valence-electron chi connectivity index (χ4n) is 1.69. The van der Waals surface area contributed by atoms with Gasteiger partial charge in [0.1, 0.15) is 5.82 Å². The summed E-state index contributed by atoms with van der Waals surface area (Å²) in [6.07, 6.45) is 1.39. The van der Waals surface area contributed by atoms with Gasteiger partial charge >= 0.3 is 5.97 Å². The molecule has 8 heteroatoms. The minimum atomic E-state index is -1.18. The molecule has 1 aromatic carbocycles. The lowest BCUT2D eigenvalue weighted by molar-refractivity contribution is 0.0683. The standard InChI is InChI=1S/C12H10BrCl2N3O2/c1-2-3-8-16-11(12(19)20)17-18(8)7-5-4-6(13)9(14)10(7)15/h4-5H,2-3H2,1H3,(H,19,20). The number of carboxylic acid groups (broad SMARTS) is 1. The Morgan fingerprint density at radius 3 is 2.70 bits per heavy atom. The quantitative estimate of drug-likeness (QED) is 0.816. The van der Waals surface area contributed by atoms with E-state index in [1.54, 1.807) is 12.1 Å². The Morgan fingerprint density at radius 2 is 2.10 bits per heavy atom. The van der Waals surface area contributed by atoms with Gasteiger partial charge in [-0.25, -0.2) is 14.5 Å². The molecular formula is C12H10BrCl2N3O2. The van der Waals surface area contributed by atoms with Crippen LogP contribution in [0.15, 0.2) is 16.6 Å². The summed E-state index contributed by atoms with van der Waals surface area (Å²) in [4.78, 5) is 15.0. The van der Waals surface area contributed by atoms with Crippen molar-refractivity contribution in [3.8, 4) is 5.69 Å². The Balaban J connectivity index is 2.62. The van der Waals surface area contributed by atoms with Crippen molar-refractivity contribution in [3.05, 3.63) is 38.3 Å². The van der Waals surface area contributed by atoms with Crippen molar-refractivity contribution < 1.29 is 9.90 Å². The SMILES string of the molecule is CCCc1nc(C(=O)O)nn1-c1ccc(Br)c(Cl)c1Cl. The van der Waals surface area contributed by atoms with E-state index in [1.807, 2.05) is 6.92 Å². The van der Waals surface area contributed by atoms with Gasteiger partial charge < -0.3 is 5.11 Å². The fourth-order valence-corrected chi connectivity index (χ4v) is 2.54. The van der Waals surface area contributed by atoms with Gasteiger partial charge in [0, 0.05) is 10.9 Å². The Bertz CT molecular complexity index is 673. The number of halogens is 3. The predicted octanol–water partition coefficient (Wildman–Crippen LogP) is 3.99. The maximum Gasteiger partial charge on any atom is 0.375 e. The third kappa shape index (κ3) is 2.82. The van der Waals surface area contributed by atoms with Gasteiger partial charge in [-0.05, 0) is 34.5 Å². The van der Waals surface area contributed by atoms with Crippen molar-refractivity contribution in [1.29, 1.82) is 0 Å². The number of hydrogen-bond donors (Lipinski definition) is 1. The molecule has 20 heavy (non-hydrogen) atoms. The molecular weight excluding hydrogens is 369 g/mol. The topological polar surface area (TPSA) is 68.0 Å². The minimum absolute atomic E-state index is 0.261. The maximum absolute atomic E-state index is 11.0. The number of carbonyl (C=O) groups is 1. The molecule has 0 saturated heterocycles. The van der Waals surface area contributed by atoms with Crippen LogP contribution in [0.3, 0.4) is 0 Å². The number of aromatic carboxylic acids is 1. The Labute approximate surface area is 133 Å². The summed E-state index contributed by atoms with van der Waals surface area (Å²) >= 11 is 15.5. The van der Waals surface area contributed by atoms with Gasteiger partial charge in [0.05, 0.1) is 15.7 Å². The first-order valence-electron chi connectivity index (χ1n) is 5.78. The number of carboxylic acids is 1. The smallest absolute Gasteiger partial charge is 0.375 e. The molecule has 0 spiro atoms. The molecule has 1 aromatic heterocycles. The summed E-state index contributed by atoms with van der Waals surface area (Å²) in [6, 6.07) is 3.43. The highest BCUT2D eigenvalue weighted by atomic mass is 79.9. The van der Waals surface area contributed by atoms with E-state index < -0.39 is 5.97 Å². The number of benzene rings is 1. The molecule has 0 saturated carbocycles. The van der Waals surface area contributed by atoms with Gasteiger partial charge in [-0.2, -0.15) is 0 Å². The van der Waals surface area contributed by atoms with E-state index in [4.69, 9.17) is 28.3 Å². The average Bonchev–Trinajstić information content (AvgIpc) is 2.81.